The third kappa shape index (κ3) is 7.42. The highest BCUT2D eigenvalue weighted by molar-refractivity contribution is 5.96. The summed E-state index contributed by atoms with van der Waals surface area (Å²) in [5.74, 6) is 1.06. The molecule has 1 aliphatic rings. The van der Waals surface area contributed by atoms with Crippen LogP contribution in [0.2, 0.25) is 0 Å². The molecule has 10 heteroatoms. The Kier molecular flexibility index (Phi) is 11.8. The zero-order chi connectivity index (χ0) is 26.1. The molecule has 2 aromatic carbocycles. The number of carbonyl (C=O) groups is 2. The second-order valence-electron chi connectivity index (χ2n) is 8.54. The van der Waals surface area contributed by atoms with Crippen molar-refractivity contribution in [2.24, 2.45) is 0 Å². The molecule has 37 heavy (non-hydrogen) atoms. The van der Waals surface area contributed by atoms with Gasteiger partial charge >= 0.3 is 6.09 Å². The number of benzene rings is 2. The minimum Gasteiger partial charge on any atom is -0.493 e. The lowest BCUT2D eigenvalue weighted by molar-refractivity contribution is 0.0175. The largest absolute Gasteiger partial charge is 0.493 e. The minimum atomic E-state index is -0.375. The van der Waals surface area contributed by atoms with Gasteiger partial charge in [-0.15, -0.1) is 12.4 Å². The molecule has 0 aliphatic carbocycles. The maximum absolute atomic E-state index is 13.7. The number of rotatable bonds is 10. The van der Waals surface area contributed by atoms with Gasteiger partial charge in [-0.25, -0.2) is 4.79 Å². The van der Waals surface area contributed by atoms with Crippen LogP contribution in [-0.4, -0.2) is 93.4 Å². The van der Waals surface area contributed by atoms with Crippen LogP contribution < -0.4 is 14.2 Å². The average molecular weight is 536 g/mol. The number of hydrogen-bond acceptors (Lipinski definition) is 7. The Balaban J connectivity index is 0.00000481. The fourth-order valence-corrected chi connectivity index (χ4v) is 4.43. The van der Waals surface area contributed by atoms with Crippen molar-refractivity contribution in [3.8, 4) is 17.2 Å². The van der Waals surface area contributed by atoms with Gasteiger partial charge < -0.3 is 28.7 Å². The molecular formula is C27H38ClN3O6. The van der Waals surface area contributed by atoms with Crippen molar-refractivity contribution < 1.29 is 28.5 Å². The third-order valence-corrected chi connectivity index (χ3v) is 6.41. The summed E-state index contributed by atoms with van der Waals surface area (Å²) in [7, 11) is 4.56. The van der Waals surface area contributed by atoms with Gasteiger partial charge in [0.15, 0.2) is 11.5 Å². The number of carbonyl (C=O) groups excluding carboxylic acids is 2. The smallest absolute Gasteiger partial charge is 0.409 e. The summed E-state index contributed by atoms with van der Waals surface area (Å²) in [6.07, 6.45) is -0.375. The van der Waals surface area contributed by atoms with E-state index in [2.05, 4.69) is 17.0 Å². The van der Waals surface area contributed by atoms with E-state index < -0.39 is 0 Å². The summed E-state index contributed by atoms with van der Waals surface area (Å²) in [4.78, 5) is 31.9. The van der Waals surface area contributed by atoms with Gasteiger partial charge in [-0.2, -0.15) is 0 Å². The first-order chi connectivity index (χ1) is 17.4. The number of amides is 2. The van der Waals surface area contributed by atoms with E-state index in [0.717, 1.165) is 6.54 Å². The van der Waals surface area contributed by atoms with E-state index in [-0.39, 0.29) is 37.1 Å². The lowest BCUT2D eigenvalue weighted by Gasteiger charge is -2.41. The van der Waals surface area contributed by atoms with Crippen LogP contribution in [0.3, 0.4) is 0 Å². The van der Waals surface area contributed by atoms with Gasteiger partial charge in [0.25, 0.3) is 5.91 Å². The van der Waals surface area contributed by atoms with E-state index in [1.54, 1.807) is 21.9 Å². The molecule has 0 saturated carbocycles. The Morgan fingerprint density at radius 1 is 0.946 bits per heavy atom. The highest BCUT2D eigenvalue weighted by Gasteiger charge is 2.33. The molecule has 1 fully saturated rings. The van der Waals surface area contributed by atoms with Crippen LogP contribution in [0.1, 0.15) is 29.8 Å². The van der Waals surface area contributed by atoms with Crippen LogP contribution in [0.5, 0.6) is 17.2 Å². The molecule has 0 spiro atoms. The minimum absolute atomic E-state index is 0. The quantitative estimate of drug-likeness (QED) is 0.456. The highest BCUT2D eigenvalue weighted by Crippen LogP contribution is 2.38. The molecule has 1 atom stereocenters. The Morgan fingerprint density at radius 3 is 2.11 bits per heavy atom. The molecule has 1 heterocycles. The first-order valence-corrected chi connectivity index (χ1v) is 12.2. The number of nitrogens with zero attached hydrogens (tertiary/aromatic N) is 3. The standard InChI is InChI=1S/C27H37N3O6.ClH/c1-6-29(7-2)27(32)36-19-22-18-28(17-20-11-9-8-10-12-20)13-14-30(22)26(31)21-15-23(33-3)25(35-5)24(16-21)34-4;/h8-12,15-16,22H,6-7,13-14,17-19H2,1-5H3;1H. The van der Waals surface area contributed by atoms with Crippen molar-refractivity contribution in [1.82, 2.24) is 14.7 Å². The number of halogens is 1. The fourth-order valence-electron chi connectivity index (χ4n) is 4.43. The zero-order valence-electron chi connectivity index (χ0n) is 22.3. The predicted octanol–water partition coefficient (Wildman–Crippen LogP) is 3.94. The number of ether oxygens (including phenoxy) is 4. The van der Waals surface area contributed by atoms with Gasteiger partial charge in [0.1, 0.15) is 6.61 Å². The van der Waals surface area contributed by atoms with Crippen LogP contribution in [-0.2, 0) is 11.3 Å². The lowest BCUT2D eigenvalue weighted by atomic mass is 10.1. The molecular weight excluding hydrogens is 498 g/mol. The van der Waals surface area contributed by atoms with Crippen molar-refractivity contribution in [1.29, 1.82) is 0 Å². The molecule has 2 aromatic rings. The fraction of sp³-hybridized carbons (Fsp3) is 0.481. The maximum atomic E-state index is 13.7. The summed E-state index contributed by atoms with van der Waals surface area (Å²) in [5.41, 5.74) is 1.61. The molecule has 204 valence electrons. The van der Waals surface area contributed by atoms with Crippen LogP contribution >= 0.6 is 12.4 Å². The average Bonchev–Trinajstić information content (AvgIpc) is 2.91. The first-order valence-electron chi connectivity index (χ1n) is 12.2. The van der Waals surface area contributed by atoms with Crippen molar-refractivity contribution in [3.63, 3.8) is 0 Å². The summed E-state index contributed by atoms with van der Waals surface area (Å²) >= 11 is 0. The van der Waals surface area contributed by atoms with Gasteiger partial charge in [-0.1, -0.05) is 30.3 Å². The maximum Gasteiger partial charge on any atom is 0.409 e. The zero-order valence-corrected chi connectivity index (χ0v) is 23.1. The lowest BCUT2D eigenvalue weighted by Crippen LogP contribution is -2.57. The molecule has 0 radical (unpaired) electrons. The van der Waals surface area contributed by atoms with Crippen molar-refractivity contribution in [3.05, 3.63) is 53.6 Å². The predicted molar refractivity (Wildman–Crippen MR) is 144 cm³/mol. The number of methoxy groups -OCH3 is 3. The molecule has 1 aliphatic heterocycles. The van der Waals surface area contributed by atoms with Crippen LogP contribution in [0.15, 0.2) is 42.5 Å². The third-order valence-electron chi connectivity index (χ3n) is 6.41. The molecule has 3 rings (SSSR count). The Labute approximate surface area is 225 Å². The molecule has 1 saturated heterocycles. The van der Waals surface area contributed by atoms with E-state index in [9.17, 15) is 9.59 Å². The van der Waals surface area contributed by atoms with Gasteiger partial charge in [-0.05, 0) is 31.5 Å². The second-order valence-corrected chi connectivity index (χ2v) is 8.54. The molecule has 1 unspecified atom stereocenters. The highest BCUT2D eigenvalue weighted by atomic mass is 35.5. The monoisotopic (exact) mass is 535 g/mol. The molecule has 9 nitrogen and oxygen atoms in total. The van der Waals surface area contributed by atoms with Gasteiger partial charge in [-0.3, -0.25) is 9.69 Å². The van der Waals surface area contributed by atoms with Crippen molar-refractivity contribution in [2.45, 2.75) is 26.4 Å². The molecule has 0 N–H and O–H groups in total. The molecule has 0 bridgehead atoms. The Hall–Kier alpha value is -3.17. The molecule has 2 amide bonds. The summed E-state index contributed by atoms with van der Waals surface area (Å²) in [5, 5.41) is 0. The second kappa shape index (κ2) is 14.5. The number of hydrogen-bond donors (Lipinski definition) is 0. The SMILES string of the molecule is CCN(CC)C(=O)OCC1CN(Cc2ccccc2)CCN1C(=O)c1cc(OC)c(OC)c(OC)c1.Cl. The van der Waals surface area contributed by atoms with E-state index in [1.165, 1.54) is 26.9 Å². The van der Waals surface area contributed by atoms with Crippen molar-refractivity contribution in [2.75, 3.05) is 60.7 Å². The van der Waals surface area contributed by atoms with Crippen molar-refractivity contribution >= 4 is 24.4 Å². The van der Waals surface area contributed by atoms with Gasteiger partial charge in [0, 0.05) is 44.8 Å². The van der Waals surface area contributed by atoms with Crippen LogP contribution in [0.25, 0.3) is 0 Å². The van der Waals surface area contributed by atoms with Gasteiger partial charge in [0.05, 0.1) is 27.4 Å². The topological polar surface area (TPSA) is 80.8 Å². The van der Waals surface area contributed by atoms with Gasteiger partial charge in [0.2, 0.25) is 5.75 Å². The summed E-state index contributed by atoms with van der Waals surface area (Å²) in [6.45, 7) is 7.59. The summed E-state index contributed by atoms with van der Waals surface area (Å²) < 4.78 is 21.9. The molecule has 0 aromatic heterocycles. The Bertz CT molecular complexity index is 993. The van der Waals surface area contributed by atoms with Crippen LogP contribution in [0, 0.1) is 0 Å². The van der Waals surface area contributed by atoms with Crippen LogP contribution in [0.4, 0.5) is 4.79 Å². The van der Waals surface area contributed by atoms with E-state index >= 15 is 0 Å². The first kappa shape index (κ1) is 30.1. The van der Waals surface area contributed by atoms with E-state index in [4.69, 9.17) is 18.9 Å². The normalized spacial score (nSPS) is 15.4. The summed E-state index contributed by atoms with van der Waals surface area (Å²) in [6, 6.07) is 13.2. The number of piperazine rings is 1. The van der Waals surface area contributed by atoms with E-state index in [1.807, 2.05) is 32.0 Å². The Morgan fingerprint density at radius 2 is 1.57 bits per heavy atom. The van der Waals surface area contributed by atoms with E-state index in [0.29, 0.717) is 55.5 Å².